The van der Waals surface area contributed by atoms with Gasteiger partial charge in [0, 0.05) is 31.5 Å². The third-order valence-electron chi connectivity index (χ3n) is 3.40. The fraction of sp³-hybridized carbons (Fsp3) is 0.643. The number of amides is 1. The van der Waals surface area contributed by atoms with Gasteiger partial charge in [0.1, 0.15) is 5.69 Å². The first-order valence-corrected chi connectivity index (χ1v) is 6.95. The number of hydrogen-bond acceptors (Lipinski definition) is 4. The minimum atomic E-state index is 0.00217. The van der Waals surface area contributed by atoms with Crippen LogP contribution in [-0.4, -0.2) is 46.5 Å². The van der Waals surface area contributed by atoms with Crippen LogP contribution in [-0.2, 0) is 0 Å². The van der Waals surface area contributed by atoms with Crippen molar-refractivity contribution in [2.24, 2.45) is 5.92 Å². The van der Waals surface area contributed by atoms with Crippen LogP contribution >= 0.6 is 0 Å². The van der Waals surface area contributed by atoms with E-state index in [9.17, 15) is 4.79 Å². The van der Waals surface area contributed by atoms with Crippen molar-refractivity contribution in [1.82, 2.24) is 20.2 Å². The molecule has 1 aliphatic rings. The molecule has 0 saturated carbocycles. The monoisotopic (exact) mass is 262 g/mol. The average molecular weight is 262 g/mol. The van der Waals surface area contributed by atoms with Crippen molar-refractivity contribution in [2.45, 2.75) is 32.7 Å². The van der Waals surface area contributed by atoms with E-state index in [4.69, 9.17) is 0 Å². The summed E-state index contributed by atoms with van der Waals surface area (Å²) in [5.74, 6) is 0.541. The molecule has 1 aliphatic heterocycles. The van der Waals surface area contributed by atoms with Gasteiger partial charge in [-0.1, -0.05) is 13.8 Å². The second-order valence-corrected chi connectivity index (χ2v) is 5.41. The molecule has 0 aromatic carbocycles. The van der Waals surface area contributed by atoms with Gasteiger partial charge in [0.2, 0.25) is 0 Å². The molecule has 1 unspecified atom stereocenters. The molecule has 2 heterocycles. The smallest absolute Gasteiger partial charge is 0.274 e. The maximum absolute atomic E-state index is 12.3. The van der Waals surface area contributed by atoms with Gasteiger partial charge < -0.3 is 10.2 Å². The van der Waals surface area contributed by atoms with Crippen LogP contribution in [0.5, 0.6) is 0 Å². The average Bonchev–Trinajstić information content (AvgIpc) is 2.45. The number of carbonyl (C=O) groups is 1. The number of piperidine rings is 1. The van der Waals surface area contributed by atoms with Gasteiger partial charge in [-0.15, -0.1) is 0 Å². The third-order valence-corrected chi connectivity index (χ3v) is 3.40. The van der Waals surface area contributed by atoms with Crippen molar-refractivity contribution >= 4 is 5.91 Å². The van der Waals surface area contributed by atoms with Crippen LogP contribution in [0.3, 0.4) is 0 Å². The van der Waals surface area contributed by atoms with E-state index >= 15 is 0 Å². The topological polar surface area (TPSA) is 58.1 Å². The number of rotatable bonds is 4. The fourth-order valence-electron chi connectivity index (χ4n) is 2.39. The van der Waals surface area contributed by atoms with Crippen LogP contribution in [0, 0.1) is 5.92 Å². The fourth-order valence-corrected chi connectivity index (χ4v) is 2.39. The molecule has 0 spiro atoms. The Morgan fingerprint density at radius 3 is 3.05 bits per heavy atom. The predicted octanol–water partition coefficient (Wildman–Crippen LogP) is 1.33. The van der Waals surface area contributed by atoms with Crippen LogP contribution in [0.2, 0.25) is 0 Å². The number of likely N-dealkylation sites (tertiary alicyclic amines) is 1. The Bertz CT molecular complexity index is 407. The van der Waals surface area contributed by atoms with Gasteiger partial charge in [0.15, 0.2) is 0 Å². The van der Waals surface area contributed by atoms with Gasteiger partial charge in [0.25, 0.3) is 5.91 Å². The largest absolute Gasteiger partial charge is 0.337 e. The summed E-state index contributed by atoms with van der Waals surface area (Å²) in [6, 6.07) is 0.492. The number of hydrogen-bond donors (Lipinski definition) is 1. The first-order valence-electron chi connectivity index (χ1n) is 6.95. The van der Waals surface area contributed by atoms with E-state index in [-0.39, 0.29) is 5.91 Å². The van der Waals surface area contributed by atoms with Gasteiger partial charge in [-0.05, 0) is 25.3 Å². The first-order chi connectivity index (χ1) is 9.16. The SMILES string of the molecule is CC(C)NCC1CCCN(C(=O)c2cnccn2)C1. The highest BCUT2D eigenvalue weighted by Gasteiger charge is 2.25. The normalized spacial score (nSPS) is 19.7. The number of nitrogens with one attached hydrogen (secondary N) is 1. The number of carbonyl (C=O) groups excluding carboxylic acids is 1. The second-order valence-electron chi connectivity index (χ2n) is 5.41. The van der Waals surface area contributed by atoms with E-state index in [0.29, 0.717) is 17.7 Å². The molecule has 1 saturated heterocycles. The Morgan fingerprint density at radius 2 is 2.37 bits per heavy atom. The van der Waals surface area contributed by atoms with Crippen LogP contribution in [0.1, 0.15) is 37.2 Å². The number of nitrogens with zero attached hydrogens (tertiary/aromatic N) is 3. The molecule has 1 N–H and O–H groups in total. The van der Waals surface area contributed by atoms with Crippen LogP contribution in [0.25, 0.3) is 0 Å². The summed E-state index contributed by atoms with van der Waals surface area (Å²) in [5.41, 5.74) is 0.444. The highest BCUT2D eigenvalue weighted by atomic mass is 16.2. The lowest BCUT2D eigenvalue weighted by molar-refractivity contribution is 0.0666. The zero-order chi connectivity index (χ0) is 13.7. The maximum Gasteiger partial charge on any atom is 0.274 e. The van der Waals surface area contributed by atoms with Crippen LogP contribution in [0.15, 0.2) is 18.6 Å². The molecule has 1 fully saturated rings. The molecule has 1 amide bonds. The van der Waals surface area contributed by atoms with E-state index in [0.717, 1.165) is 26.1 Å². The molecule has 1 aromatic rings. The Morgan fingerprint density at radius 1 is 1.53 bits per heavy atom. The van der Waals surface area contributed by atoms with Gasteiger partial charge in [0.05, 0.1) is 6.20 Å². The molecule has 0 radical (unpaired) electrons. The minimum absolute atomic E-state index is 0.00217. The predicted molar refractivity (Wildman–Crippen MR) is 73.8 cm³/mol. The molecule has 5 nitrogen and oxygen atoms in total. The van der Waals surface area contributed by atoms with Crippen molar-refractivity contribution in [3.8, 4) is 0 Å². The molecule has 104 valence electrons. The first kappa shape index (κ1) is 13.9. The highest BCUT2D eigenvalue weighted by Crippen LogP contribution is 2.17. The van der Waals surface area contributed by atoms with Crippen molar-refractivity contribution in [3.05, 3.63) is 24.3 Å². The van der Waals surface area contributed by atoms with Gasteiger partial charge in [-0.3, -0.25) is 9.78 Å². The Kier molecular flexibility index (Phi) is 4.85. The van der Waals surface area contributed by atoms with Gasteiger partial charge in [-0.2, -0.15) is 0 Å². The van der Waals surface area contributed by atoms with Crippen molar-refractivity contribution in [2.75, 3.05) is 19.6 Å². The zero-order valence-corrected chi connectivity index (χ0v) is 11.7. The standard InChI is InChI=1S/C14H22N4O/c1-11(2)17-8-12-4-3-7-18(10-12)14(19)13-9-15-5-6-16-13/h5-6,9,11-12,17H,3-4,7-8,10H2,1-2H3. The van der Waals surface area contributed by atoms with Crippen molar-refractivity contribution in [1.29, 1.82) is 0 Å². The van der Waals surface area contributed by atoms with Gasteiger partial charge >= 0.3 is 0 Å². The van der Waals surface area contributed by atoms with Crippen LogP contribution < -0.4 is 5.32 Å². The Hall–Kier alpha value is -1.49. The van der Waals surface area contributed by atoms with E-state index in [2.05, 4.69) is 29.1 Å². The molecule has 2 rings (SSSR count). The summed E-state index contributed by atoms with van der Waals surface area (Å²) in [7, 11) is 0. The molecule has 1 aromatic heterocycles. The quantitative estimate of drug-likeness (QED) is 0.889. The lowest BCUT2D eigenvalue weighted by atomic mass is 9.97. The van der Waals surface area contributed by atoms with Crippen molar-refractivity contribution < 1.29 is 4.79 Å². The third kappa shape index (κ3) is 3.99. The summed E-state index contributed by atoms with van der Waals surface area (Å²) in [4.78, 5) is 22.2. The summed E-state index contributed by atoms with van der Waals surface area (Å²) < 4.78 is 0. The summed E-state index contributed by atoms with van der Waals surface area (Å²) in [6.45, 7) is 6.90. The molecule has 0 aliphatic carbocycles. The van der Waals surface area contributed by atoms with E-state index < -0.39 is 0 Å². The van der Waals surface area contributed by atoms with Crippen molar-refractivity contribution in [3.63, 3.8) is 0 Å². The van der Waals surface area contributed by atoms with E-state index in [1.165, 1.54) is 12.6 Å². The number of aromatic nitrogens is 2. The molecule has 5 heteroatoms. The Balaban J connectivity index is 1.92. The van der Waals surface area contributed by atoms with Crippen LogP contribution in [0.4, 0.5) is 0 Å². The van der Waals surface area contributed by atoms with E-state index in [1.807, 2.05) is 4.90 Å². The van der Waals surface area contributed by atoms with Gasteiger partial charge in [-0.25, -0.2) is 4.98 Å². The maximum atomic E-state index is 12.3. The summed E-state index contributed by atoms with van der Waals surface area (Å²) in [6.07, 6.45) is 6.94. The second kappa shape index (κ2) is 6.61. The molecular weight excluding hydrogens is 240 g/mol. The molecule has 1 atom stereocenters. The lowest BCUT2D eigenvalue weighted by Gasteiger charge is -2.33. The molecule has 0 bridgehead atoms. The minimum Gasteiger partial charge on any atom is -0.337 e. The zero-order valence-electron chi connectivity index (χ0n) is 11.7. The lowest BCUT2D eigenvalue weighted by Crippen LogP contribution is -2.44. The summed E-state index contributed by atoms with van der Waals surface area (Å²) >= 11 is 0. The highest BCUT2D eigenvalue weighted by molar-refractivity contribution is 5.92. The Labute approximate surface area is 114 Å². The molecular formula is C14H22N4O. The van der Waals surface area contributed by atoms with E-state index in [1.54, 1.807) is 12.4 Å². The summed E-state index contributed by atoms with van der Waals surface area (Å²) in [5, 5.41) is 3.45. The molecule has 19 heavy (non-hydrogen) atoms.